The molecule has 0 radical (unpaired) electrons. The number of hydrogen-bond donors (Lipinski definition) is 1. The molecule has 0 bridgehead atoms. The second-order valence-corrected chi connectivity index (χ2v) is 6.08. The quantitative estimate of drug-likeness (QED) is 0.669. The van der Waals surface area contributed by atoms with Gasteiger partial charge in [0.25, 0.3) is 0 Å². The van der Waals surface area contributed by atoms with Crippen LogP contribution >= 0.6 is 0 Å². The first kappa shape index (κ1) is 17.8. The lowest BCUT2D eigenvalue weighted by Crippen LogP contribution is -2.15. The lowest BCUT2D eigenvalue weighted by molar-refractivity contribution is 0.0515. The van der Waals surface area contributed by atoms with E-state index in [4.69, 9.17) is 14.3 Å². The number of phenols is 1. The molecule has 0 atom stereocenters. The summed E-state index contributed by atoms with van der Waals surface area (Å²) in [6.07, 6.45) is 2.48. The van der Waals surface area contributed by atoms with Crippen LogP contribution in [0.25, 0.3) is 0 Å². The minimum atomic E-state index is -0.568. The van der Waals surface area contributed by atoms with Crippen molar-refractivity contribution in [2.24, 2.45) is 5.16 Å². The molecule has 0 heterocycles. The van der Waals surface area contributed by atoms with Gasteiger partial charge in [0, 0.05) is 5.56 Å². The van der Waals surface area contributed by atoms with Crippen LogP contribution in [-0.2, 0) is 11.3 Å². The fourth-order valence-corrected chi connectivity index (χ4v) is 3.11. The van der Waals surface area contributed by atoms with Crippen LogP contribution in [0.3, 0.4) is 0 Å². The summed E-state index contributed by atoms with van der Waals surface area (Å²) in [7, 11) is 3.03. The largest absolute Gasteiger partial charge is 0.508 e. The summed E-state index contributed by atoms with van der Waals surface area (Å²) in [5.74, 6) is 0.684. The van der Waals surface area contributed by atoms with Crippen molar-refractivity contribution in [2.45, 2.75) is 26.2 Å². The van der Waals surface area contributed by atoms with Gasteiger partial charge in [0.15, 0.2) is 11.5 Å². The van der Waals surface area contributed by atoms with Crippen molar-refractivity contribution in [1.29, 1.82) is 0 Å². The highest BCUT2D eigenvalue weighted by Crippen LogP contribution is 2.31. The second-order valence-electron chi connectivity index (χ2n) is 6.08. The maximum absolute atomic E-state index is 12.3. The Morgan fingerprint density at radius 1 is 1.08 bits per heavy atom. The van der Waals surface area contributed by atoms with Gasteiger partial charge in [-0.3, -0.25) is 0 Å². The van der Waals surface area contributed by atoms with Gasteiger partial charge in [-0.15, -0.1) is 0 Å². The normalized spacial score (nSPS) is 14.7. The van der Waals surface area contributed by atoms with E-state index in [1.165, 1.54) is 14.2 Å². The standard InChI is InChI=1S/C20H21NO5/c1-12-14-5-4-6-16(15(14)8-9-17(12)22)21-26-20(23)13-7-10-18(24-2)19(11-13)25-3/h7-11,22H,4-6H2,1-3H3/b21-16-. The zero-order valence-electron chi connectivity index (χ0n) is 15.0. The molecule has 2 aromatic carbocycles. The van der Waals surface area contributed by atoms with E-state index in [9.17, 15) is 9.90 Å². The van der Waals surface area contributed by atoms with Crippen LogP contribution in [0, 0.1) is 6.92 Å². The van der Waals surface area contributed by atoms with Gasteiger partial charge in [0.1, 0.15) is 5.75 Å². The van der Waals surface area contributed by atoms with Crippen LogP contribution in [-0.4, -0.2) is 31.0 Å². The Kier molecular flexibility index (Phi) is 5.11. The maximum Gasteiger partial charge on any atom is 0.365 e. The van der Waals surface area contributed by atoms with Crippen molar-refractivity contribution in [3.8, 4) is 17.2 Å². The lowest BCUT2D eigenvalue weighted by Gasteiger charge is -2.19. The summed E-state index contributed by atoms with van der Waals surface area (Å²) in [6, 6.07) is 8.26. The van der Waals surface area contributed by atoms with E-state index in [1.807, 2.05) is 13.0 Å². The van der Waals surface area contributed by atoms with Crippen molar-refractivity contribution in [3.63, 3.8) is 0 Å². The van der Waals surface area contributed by atoms with Crippen molar-refractivity contribution in [3.05, 3.63) is 52.6 Å². The van der Waals surface area contributed by atoms with E-state index in [2.05, 4.69) is 5.16 Å². The van der Waals surface area contributed by atoms with E-state index in [1.54, 1.807) is 24.3 Å². The van der Waals surface area contributed by atoms with E-state index in [0.717, 1.165) is 36.0 Å². The average Bonchev–Trinajstić information content (AvgIpc) is 2.68. The van der Waals surface area contributed by atoms with Gasteiger partial charge in [-0.2, -0.15) is 0 Å². The number of carbonyl (C=O) groups is 1. The Bertz CT molecular complexity index is 873. The van der Waals surface area contributed by atoms with Gasteiger partial charge in [-0.05, 0) is 67.6 Å². The topological polar surface area (TPSA) is 77.4 Å². The number of carbonyl (C=O) groups excluding carboxylic acids is 1. The van der Waals surface area contributed by atoms with Gasteiger partial charge < -0.3 is 19.4 Å². The predicted octanol–water partition coefficient (Wildman–Crippen LogP) is 3.62. The monoisotopic (exact) mass is 355 g/mol. The third-order valence-electron chi connectivity index (χ3n) is 4.58. The molecule has 2 aromatic rings. The summed E-state index contributed by atoms with van der Waals surface area (Å²) >= 11 is 0. The van der Waals surface area contributed by atoms with Crippen molar-refractivity contribution in [1.82, 2.24) is 0 Å². The van der Waals surface area contributed by atoms with Crippen LogP contribution in [0.2, 0.25) is 0 Å². The highest BCUT2D eigenvalue weighted by molar-refractivity contribution is 6.03. The van der Waals surface area contributed by atoms with Gasteiger partial charge in [0.2, 0.25) is 0 Å². The zero-order valence-corrected chi connectivity index (χ0v) is 15.0. The van der Waals surface area contributed by atoms with Crippen molar-refractivity contribution >= 4 is 11.7 Å². The van der Waals surface area contributed by atoms with Crippen LogP contribution in [0.15, 0.2) is 35.5 Å². The Morgan fingerprint density at radius 2 is 1.85 bits per heavy atom. The molecule has 0 unspecified atom stereocenters. The molecule has 1 N–H and O–H groups in total. The number of fused-ring (bicyclic) bond motifs is 1. The Labute approximate surface area is 152 Å². The highest BCUT2D eigenvalue weighted by atomic mass is 16.7. The number of phenolic OH excluding ortho intramolecular Hbond substituents is 1. The Hall–Kier alpha value is -3.02. The first-order chi connectivity index (χ1) is 12.5. The molecule has 3 rings (SSSR count). The van der Waals surface area contributed by atoms with Gasteiger partial charge in [-0.1, -0.05) is 5.16 Å². The highest BCUT2D eigenvalue weighted by Gasteiger charge is 2.20. The maximum atomic E-state index is 12.3. The molecule has 0 aromatic heterocycles. The van der Waals surface area contributed by atoms with E-state index in [-0.39, 0.29) is 5.75 Å². The Balaban J connectivity index is 1.83. The Morgan fingerprint density at radius 3 is 2.58 bits per heavy atom. The van der Waals surface area contributed by atoms with Crippen LogP contribution in [0.1, 0.15) is 39.9 Å². The molecule has 1 aliphatic carbocycles. The number of methoxy groups -OCH3 is 2. The molecule has 1 aliphatic rings. The SMILES string of the molecule is COc1ccc(C(=O)O/N=C2/CCCc3c2ccc(O)c3C)cc1OC. The third-order valence-corrected chi connectivity index (χ3v) is 4.58. The summed E-state index contributed by atoms with van der Waals surface area (Å²) < 4.78 is 10.4. The number of nitrogens with zero attached hydrogens (tertiary/aromatic N) is 1. The van der Waals surface area contributed by atoms with Gasteiger partial charge in [0.05, 0.1) is 25.5 Å². The van der Waals surface area contributed by atoms with Gasteiger partial charge >= 0.3 is 5.97 Å². The molecule has 0 fully saturated rings. The summed E-state index contributed by atoms with van der Waals surface area (Å²) in [4.78, 5) is 17.5. The second kappa shape index (κ2) is 7.47. The molecule has 0 saturated heterocycles. The van der Waals surface area contributed by atoms with E-state index < -0.39 is 5.97 Å². The number of hydrogen-bond acceptors (Lipinski definition) is 6. The van der Waals surface area contributed by atoms with Crippen LogP contribution < -0.4 is 9.47 Å². The fourth-order valence-electron chi connectivity index (χ4n) is 3.11. The first-order valence-electron chi connectivity index (χ1n) is 8.37. The van der Waals surface area contributed by atoms with Crippen LogP contribution in [0.5, 0.6) is 17.2 Å². The zero-order chi connectivity index (χ0) is 18.7. The minimum Gasteiger partial charge on any atom is -0.508 e. The average molecular weight is 355 g/mol. The predicted molar refractivity (Wildman–Crippen MR) is 97.3 cm³/mol. The van der Waals surface area contributed by atoms with Gasteiger partial charge in [-0.25, -0.2) is 4.79 Å². The van der Waals surface area contributed by atoms with E-state index in [0.29, 0.717) is 22.8 Å². The van der Waals surface area contributed by atoms with Crippen molar-refractivity contribution < 1.29 is 24.2 Å². The molecule has 136 valence electrons. The van der Waals surface area contributed by atoms with Crippen molar-refractivity contribution in [2.75, 3.05) is 14.2 Å². The number of oxime groups is 1. The third kappa shape index (κ3) is 3.35. The van der Waals surface area contributed by atoms with Crippen LogP contribution in [0.4, 0.5) is 0 Å². The number of benzene rings is 2. The molecular weight excluding hydrogens is 334 g/mol. The molecule has 26 heavy (non-hydrogen) atoms. The number of ether oxygens (including phenoxy) is 2. The summed E-state index contributed by atoms with van der Waals surface area (Å²) in [6.45, 7) is 1.88. The lowest BCUT2D eigenvalue weighted by atomic mass is 9.87. The number of rotatable bonds is 4. The molecule has 6 heteroatoms. The van der Waals surface area contributed by atoms with E-state index >= 15 is 0 Å². The number of aromatic hydroxyl groups is 1. The molecule has 0 aliphatic heterocycles. The first-order valence-corrected chi connectivity index (χ1v) is 8.37. The fraction of sp³-hybridized carbons (Fsp3) is 0.300. The molecule has 0 saturated carbocycles. The molecule has 0 amide bonds. The molecule has 0 spiro atoms. The minimum absolute atomic E-state index is 0.271. The smallest absolute Gasteiger partial charge is 0.365 e. The summed E-state index contributed by atoms with van der Waals surface area (Å²) in [5, 5.41) is 14.0. The summed E-state index contributed by atoms with van der Waals surface area (Å²) in [5.41, 5.74) is 3.86. The molecular formula is C20H21NO5. The molecule has 6 nitrogen and oxygen atoms in total.